The van der Waals surface area contributed by atoms with E-state index in [9.17, 15) is 0 Å². The van der Waals surface area contributed by atoms with Crippen molar-refractivity contribution in [3.63, 3.8) is 0 Å². The van der Waals surface area contributed by atoms with Gasteiger partial charge in [-0.2, -0.15) is 5.06 Å². The van der Waals surface area contributed by atoms with Crippen LogP contribution in [0, 0.1) is 5.92 Å². The first-order chi connectivity index (χ1) is 6.18. The lowest BCUT2D eigenvalue weighted by Crippen LogP contribution is -2.40. The van der Waals surface area contributed by atoms with Crippen molar-refractivity contribution in [3.8, 4) is 0 Å². The monoisotopic (exact) mass is 182 g/mol. The molecule has 2 fully saturated rings. The van der Waals surface area contributed by atoms with E-state index in [0.29, 0.717) is 5.92 Å². The molecule has 3 atom stereocenters. The van der Waals surface area contributed by atoms with Gasteiger partial charge in [-0.3, -0.25) is 4.84 Å². The molecule has 13 heavy (non-hydrogen) atoms. The van der Waals surface area contributed by atoms with Gasteiger partial charge in [0.15, 0.2) is 0 Å². The van der Waals surface area contributed by atoms with E-state index in [-0.39, 0.29) is 6.10 Å². The molecule has 1 saturated heterocycles. The van der Waals surface area contributed by atoms with Crippen LogP contribution in [-0.2, 0) is 4.84 Å². The highest BCUT2D eigenvalue weighted by atomic mass is 16.7. The van der Waals surface area contributed by atoms with Crippen molar-refractivity contribution in [1.82, 2.24) is 5.06 Å². The first kappa shape index (κ1) is 8.81. The zero-order chi connectivity index (χ0) is 9.47. The topological polar surface area (TPSA) is 61.2 Å². The smallest absolute Gasteiger partial charge is 0.127 e. The van der Waals surface area contributed by atoms with Gasteiger partial charge < -0.3 is 0 Å². The van der Waals surface area contributed by atoms with Crippen LogP contribution in [0.2, 0.25) is 0 Å². The molecule has 0 bridgehead atoms. The van der Waals surface area contributed by atoms with E-state index in [2.05, 4.69) is 10.0 Å². The predicted molar refractivity (Wildman–Crippen MR) is 47.5 cm³/mol. The summed E-state index contributed by atoms with van der Waals surface area (Å²) < 4.78 is 0. The molecule has 5 heteroatoms. The summed E-state index contributed by atoms with van der Waals surface area (Å²) >= 11 is 0. The number of azide groups is 1. The summed E-state index contributed by atoms with van der Waals surface area (Å²) in [5, 5.41) is 5.57. The fourth-order valence-electron chi connectivity index (χ4n) is 2.45. The first-order valence-corrected chi connectivity index (χ1v) is 4.65. The van der Waals surface area contributed by atoms with E-state index in [4.69, 9.17) is 10.4 Å². The minimum atomic E-state index is -0.476. The van der Waals surface area contributed by atoms with Crippen LogP contribution >= 0.6 is 0 Å². The van der Waals surface area contributed by atoms with Crippen LogP contribution in [0.4, 0.5) is 0 Å². The zero-order valence-electron chi connectivity index (χ0n) is 7.97. The minimum Gasteiger partial charge on any atom is -0.295 e. The summed E-state index contributed by atoms with van der Waals surface area (Å²) in [6.07, 6.45) is 3.64. The molecule has 1 aliphatic heterocycles. The molecule has 1 heterocycles. The molecule has 2 rings (SSSR count). The van der Waals surface area contributed by atoms with Gasteiger partial charge in [0.25, 0.3) is 0 Å². The Morgan fingerprint density at radius 1 is 1.62 bits per heavy atom. The number of rotatable bonds is 1. The van der Waals surface area contributed by atoms with Crippen molar-refractivity contribution in [1.29, 1.82) is 0 Å². The second-order valence-electron chi connectivity index (χ2n) is 3.96. The van der Waals surface area contributed by atoms with E-state index >= 15 is 0 Å². The minimum absolute atomic E-state index is 0.264. The maximum atomic E-state index is 8.51. The van der Waals surface area contributed by atoms with Crippen molar-refractivity contribution in [2.45, 2.75) is 38.0 Å². The highest BCUT2D eigenvalue weighted by Gasteiger charge is 2.52. The molecule has 0 aromatic rings. The standard InChI is InChI=1S/C8H14N4O/c1-8(10-11-9)6-4-3-5-7(6)13-12(8)2/h6-7H,3-5H2,1-2H3. The fraction of sp³-hybridized carbons (Fsp3) is 1.00. The first-order valence-electron chi connectivity index (χ1n) is 4.65. The van der Waals surface area contributed by atoms with Crippen LogP contribution in [-0.4, -0.2) is 23.9 Å². The third-order valence-corrected chi connectivity index (χ3v) is 3.33. The summed E-state index contributed by atoms with van der Waals surface area (Å²) in [6.45, 7) is 1.95. The Labute approximate surface area is 77.2 Å². The van der Waals surface area contributed by atoms with Crippen LogP contribution in [0.3, 0.4) is 0 Å². The van der Waals surface area contributed by atoms with Gasteiger partial charge in [0, 0.05) is 17.9 Å². The fourth-order valence-corrected chi connectivity index (χ4v) is 2.45. The molecule has 0 spiro atoms. The van der Waals surface area contributed by atoms with Gasteiger partial charge in [0.1, 0.15) is 5.66 Å². The van der Waals surface area contributed by atoms with E-state index < -0.39 is 5.66 Å². The number of fused-ring (bicyclic) bond motifs is 1. The Balaban J connectivity index is 2.29. The van der Waals surface area contributed by atoms with Crippen molar-refractivity contribution < 1.29 is 4.84 Å². The average molecular weight is 182 g/mol. The van der Waals surface area contributed by atoms with Gasteiger partial charge in [-0.25, -0.2) is 0 Å². The Morgan fingerprint density at radius 3 is 3.08 bits per heavy atom. The normalized spacial score (nSPS) is 44.5. The Morgan fingerprint density at radius 2 is 2.38 bits per heavy atom. The average Bonchev–Trinajstić information content (AvgIpc) is 2.59. The molecule has 0 amide bonds. The van der Waals surface area contributed by atoms with Crippen molar-refractivity contribution in [3.05, 3.63) is 10.4 Å². The quantitative estimate of drug-likeness (QED) is 0.354. The molecule has 5 nitrogen and oxygen atoms in total. The lowest BCUT2D eigenvalue weighted by Gasteiger charge is -2.28. The van der Waals surface area contributed by atoms with Gasteiger partial charge in [0.05, 0.1) is 6.10 Å². The third kappa shape index (κ3) is 1.12. The number of nitrogens with zero attached hydrogens (tertiary/aromatic N) is 4. The zero-order valence-corrected chi connectivity index (χ0v) is 7.97. The summed E-state index contributed by atoms with van der Waals surface area (Å²) in [6, 6.07) is 0. The Kier molecular flexibility index (Phi) is 1.95. The van der Waals surface area contributed by atoms with Crippen LogP contribution in [0.15, 0.2) is 5.11 Å². The molecule has 72 valence electrons. The van der Waals surface area contributed by atoms with E-state index in [0.717, 1.165) is 12.8 Å². The molecule has 0 N–H and O–H groups in total. The number of hydroxylamine groups is 2. The van der Waals surface area contributed by atoms with Crippen molar-refractivity contribution in [2.24, 2.45) is 11.0 Å². The number of hydrogen-bond donors (Lipinski definition) is 0. The van der Waals surface area contributed by atoms with Crippen LogP contribution in [0.5, 0.6) is 0 Å². The molecular weight excluding hydrogens is 168 g/mol. The number of hydrogen-bond acceptors (Lipinski definition) is 3. The molecule has 0 aromatic carbocycles. The van der Waals surface area contributed by atoms with Gasteiger partial charge >= 0.3 is 0 Å². The lowest BCUT2D eigenvalue weighted by molar-refractivity contribution is -0.164. The molecule has 1 aliphatic carbocycles. The van der Waals surface area contributed by atoms with Crippen LogP contribution < -0.4 is 0 Å². The molecule has 3 unspecified atom stereocenters. The van der Waals surface area contributed by atoms with Crippen molar-refractivity contribution in [2.75, 3.05) is 7.05 Å². The molecule has 1 saturated carbocycles. The van der Waals surface area contributed by atoms with Crippen LogP contribution in [0.1, 0.15) is 26.2 Å². The Bertz CT molecular complexity index is 263. The maximum Gasteiger partial charge on any atom is 0.127 e. The third-order valence-electron chi connectivity index (χ3n) is 3.33. The van der Waals surface area contributed by atoms with E-state index in [1.165, 1.54) is 6.42 Å². The molecule has 0 radical (unpaired) electrons. The van der Waals surface area contributed by atoms with E-state index in [1.807, 2.05) is 14.0 Å². The Hall–Kier alpha value is -0.770. The molecule has 0 aromatic heterocycles. The van der Waals surface area contributed by atoms with Gasteiger partial charge in [0.2, 0.25) is 0 Å². The summed E-state index contributed by atoms with van der Waals surface area (Å²) in [7, 11) is 1.84. The van der Waals surface area contributed by atoms with Gasteiger partial charge in [-0.1, -0.05) is 11.5 Å². The highest BCUT2D eigenvalue weighted by molar-refractivity contribution is 4.98. The summed E-state index contributed by atoms with van der Waals surface area (Å²) in [5.74, 6) is 0.369. The molecule has 2 aliphatic rings. The predicted octanol–water partition coefficient (Wildman–Crippen LogP) is 2.06. The molecular formula is C8H14N4O. The second kappa shape index (κ2) is 2.87. The highest BCUT2D eigenvalue weighted by Crippen LogP contribution is 2.46. The van der Waals surface area contributed by atoms with Gasteiger partial charge in [-0.15, -0.1) is 0 Å². The summed E-state index contributed by atoms with van der Waals surface area (Å²) in [4.78, 5) is 8.53. The van der Waals surface area contributed by atoms with Crippen molar-refractivity contribution >= 4 is 0 Å². The summed E-state index contributed by atoms with van der Waals surface area (Å²) in [5.41, 5.74) is 8.03. The largest absolute Gasteiger partial charge is 0.295 e. The SMILES string of the molecule is CN1OC2CCCC2C1(C)N=[N+]=[N-]. The van der Waals surface area contributed by atoms with Gasteiger partial charge in [-0.05, 0) is 25.3 Å². The maximum absolute atomic E-state index is 8.51. The second-order valence-corrected chi connectivity index (χ2v) is 3.96. The van der Waals surface area contributed by atoms with Crippen LogP contribution in [0.25, 0.3) is 10.4 Å². The van der Waals surface area contributed by atoms with E-state index in [1.54, 1.807) is 5.06 Å². The lowest BCUT2D eigenvalue weighted by atomic mass is 9.93.